The zero-order valence-electron chi connectivity index (χ0n) is 17.1. The van der Waals surface area contributed by atoms with Gasteiger partial charge < -0.3 is 9.88 Å². The number of imidazole rings is 1. The van der Waals surface area contributed by atoms with Crippen molar-refractivity contribution >= 4 is 34.1 Å². The van der Waals surface area contributed by atoms with Gasteiger partial charge in [-0.15, -0.1) is 0 Å². The molecule has 0 unspecified atom stereocenters. The van der Waals surface area contributed by atoms with E-state index in [0.717, 1.165) is 42.5 Å². The van der Waals surface area contributed by atoms with Gasteiger partial charge in [-0.25, -0.2) is 4.98 Å². The van der Waals surface area contributed by atoms with E-state index in [1.54, 1.807) is 12.1 Å². The molecule has 4 rings (SSSR count). The van der Waals surface area contributed by atoms with Gasteiger partial charge in [0.1, 0.15) is 17.6 Å². The molecule has 30 heavy (non-hydrogen) atoms. The predicted octanol–water partition coefficient (Wildman–Crippen LogP) is 5.08. The van der Waals surface area contributed by atoms with Crippen molar-refractivity contribution in [2.24, 2.45) is 5.92 Å². The number of aromatic nitrogens is 2. The Hall–Kier alpha value is -3.66. The highest BCUT2D eigenvalue weighted by Gasteiger charge is 2.23. The number of piperidine rings is 1. The minimum Gasteiger partial charge on any atom is -0.366 e. The maximum atomic E-state index is 11.7. The van der Waals surface area contributed by atoms with Crippen molar-refractivity contribution in [3.05, 3.63) is 63.5 Å². The molecule has 7 nitrogen and oxygen atoms in total. The lowest BCUT2D eigenvalue weighted by molar-refractivity contribution is -0.384. The molecule has 3 aromatic rings. The van der Waals surface area contributed by atoms with Gasteiger partial charge >= 0.3 is 0 Å². The van der Waals surface area contributed by atoms with E-state index in [-0.39, 0.29) is 10.6 Å². The number of nitro benzene ring substituents is 1. The predicted molar refractivity (Wildman–Crippen MR) is 118 cm³/mol. The van der Waals surface area contributed by atoms with Crippen LogP contribution in [0.5, 0.6) is 0 Å². The van der Waals surface area contributed by atoms with Crippen LogP contribution in [0.25, 0.3) is 22.7 Å². The molecule has 1 aliphatic heterocycles. The number of rotatable bonds is 4. The third-order valence-electron chi connectivity index (χ3n) is 5.64. The molecule has 0 radical (unpaired) electrons. The summed E-state index contributed by atoms with van der Waals surface area (Å²) in [5.74, 6) is 1.10. The number of nitro groups is 1. The second-order valence-corrected chi connectivity index (χ2v) is 7.95. The van der Waals surface area contributed by atoms with Gasteiger partial charge in [-0.1, -0.05) is 19.1 Å². The number of aryl methyl sites for hydroxylation is 1. The van der Waals surface area contributed by atoms with Gasteiger partial charge in [-0.05, 0) is 61.1 Å². The average Bonchev–Trinajstić information content (AvgIpc) is 3.15. The molecule has 0 spiro atoms. The second kappa shape index (κ2) is 7.99. The number of nitrogens with one attached hydrogen (secondary N) is 1. The van der Waals surface area contributed by atoms with Crippen molar-refractivity contribution in [1.82, 2.24) is 9.97 Å². The monoisotopic (exact) mass is 401 g/mol. The number of anilines is 1. The van der Waals surface area contributed by atoms with Gasteiger partial charge in [-0.3, -0.25) is 10.1 Å². The number of nitriles is 1. The third kappa shape index (κ3) is 3.90. The SMILES string of the molecule is Cc1ccc2nc(/C(C#N)=C/c3ccc(N4CCC(C)CC4)c([N+](=O)[O-])c3)[nH]c2c1. The first-order valence-electron chi connectivity index (χ1n) is 10.1. The second-order valence-electron chi connectivity index (χ2n) is 7.95. The number of hydrogen-bond acceptors (Lipinski definition) is 5. The number of benzene rings is 2. The Kier molecular flexibility index (Phi) is 5.23. The van der Waals surface area contributed by atoms with Gasteiger partial charge in [0.2, 0.25) is 0 Å². The van der Waals surface area contributed by atoms with Gasteiger partial charge in [0.25, 0.3) is 5.69 Å². The normalized spacial score (nSPS) is 15.4. The molecule has 0 bridgehead atoms. The van der Waals surface area contributed by atoms with Crippen molar-refractivity contribution in [3.8, 4) is 6.07 Å². The molecule has 1 aliphatic rings. The van der Waals surface area contributed by atoms with E-state index in [1.807, 2.05) is 31.2 Å². The van der Waals surface area contributed by atoms with Crippen LogP contribution in [0, 0.1) is 34.3 Å². The minimum absolute atomic E-state index is 0.0656. The molecular weight excluding hydrogens is 378 g/mol. The largest absolute Gasteiger partial charge is 0.366 e. The first-order chi connectivity index (χ1) is 14.4. The molecule has 1 saturated heterocycles. The summed E-state index contributed by atoms with van der Waals surface area (Å²) in [6.45, 7) is 5.84. The van der Waals surface area contributed by atoms with E-state index >= 15 is 0 Å². The molecule has 7 heteroatoms. The van der Waals surface area contributed by atoms with Gasteiger partial charge in [0.05, 0.1) is 21.5 Å². The van der Waals surface area contributed by atoms with Crippen LogP contribution in [-0.4, -0.2) is 28.0 Å². The fourth-order valence-corrected chi connectivity index (χ4v) is 3.86. The highest BCUT2D eigenvalue weighted by Crippen LogP contribution is 2.33. The Morgan fingerprint density at radius 3 is 2.77 bits per heavy atom. The summed E-state index contributed by atoms with van der Waals surface area (Å²) >= 11 is 0. The highest BCUT2D eigenvalue weighted by atomic mass is 16.6. The molecule has 0 aliphatic carbocycles. The van der Waals surface area contributed by atoms with Crippen molar-refractivity contribution in [2.45, 2.75) is 26.7 Å². The van der Waals surface area contributed by atoms with Crippen LogP contribution in [0.2, 0.25) is 0 Å². The number of fused-ring (bicyclic) bond motifs is 1. The van der Waals surface area contributed by atoms with E-state index in [9.17, 15) is 15.4 Å². The summed E-state index contributed by atoms with van der Waals surface area (Å²) in [4.78, 5) is 21.1. The summed E-state index contributed by atoms with van der Waals surface area (Å²) in [6.07, 6.45) is 3.70. The first-order valence-corrected chi connectivity index (χ1v) is 10.1. The van der Waals surface area contributed by atoms with Crippen LogP contribution in [0.1, 0.15) is 36.7 Å². The van der Waals surface area contributed by atoms with Gasteiger partial charge in [-0.2, -0.15) is 5.26 Å². The maximum absolute atomic E-state index is 11.7. The molecule has 1 fully saturated rings. The van der Waals surface area contributed by atoms with E-state index in [4.69, 9.17) is 0 Å². The topological polar surface area (TPSA) is 98.8 Å². The lowest BCUT2D eigenvalue weighted by Gasteiger charge is -2.31. The molecular formula is C23H23N5O2. The smallest absolute Gasteiger partial charge is 0.293 e. The van der Waals surface area contributed by atoms with Crippen molar-refractivity contribution < 1.29 is 4.92 Å². The first kappa shape index (κ1) is 19.6. The third-order valence-corrected chi connectivity index (χ3v) is 5.64. The summed E-state index contributed by atoms with van der Waals surface area (Å²) in [6, 6.07) is 13.2. The maximum Gasteiger partial charge on any atom is 0.293 e. The lowest BCUT2D eigenvalue weighted by atomic mass is 9.98. The van der Waals surface area contributed by atoms with Gasteiger partial charge in [0, 0.05) is 19.2 Å². The standard InChI is InChI=1S/C23H23N5O2/c1-15-7-9-27(10-8-15)21-6-4-17(13-22(21)28(29)30)12-18(14-24)23-25-19-5-3-16(2)11-20(19)26-23/h3-6,11-13,15H,7-10H2,1-2H3,(H,25,26)/b18-12+. The Morgan fingerprint density at radius 2 is 2.07 bits per heavy atom. The van der Waals surface area contributed by atoms with E-state index < -0.39 is 0 Å². The Balaban J connectivity index is 1.69. The Morgan fingerprint density at radius 1 is 1.30 bits per heavy atom. The fraction of sp³-hybridized carbons (Fsp3) is 0.304. The Labute approximate surface area is 174 Å². The Bertz CT molecular complexity index is 1180. The van der Waals surface area contributed by atoms with Crippen LogP contribution in [-0.2, 0) is 0 Å². The molecule has 2 heterocycles. The van der Waals surface area contributed by atoms with Crippen LogP contribution in [0.4, 0.5) is 11.4 Å². The number of allylic oxidation sites excluding steroid dienone is 1. The molecule has 1 N–H and O–H groups in total. The van der Waals surface area contributed by atoms with Gasteiger partial charge in [0.15, 0.2) is 0 Å². The summed E-state index contributed by atoms with van der Waals surface area (Å²) in [5.41, 5.74) is 4.36. The fourth-order valence-electron chi connectivity index (χ4n) is 3.86. The number of H-pyrrole nitrogens is 1. The van der Waals surface area contributed by atoms with Crippen LogP contribution < -0.4 is 4.90 Å². The molecule has 2 aromatic carbocycles. The van der Waals surface area contributed by atoms with Crippen molar-refractivity contribution in [3.63, 3.8) is 0 Å². The minimum atomic E-state index is -0.347. The van der Waals surface area contributed by atoms with Crippen LogP contribution >= 0.6 is 0 Å². The van der Waals surface area contributed by atoms with E-state index in [2.05, 4.69) is 27.9 Å². The molecule has 0 amide bonds. The quantitative estimate of drug-likeness (QED) is 0.373. The molecule has 1 aromatic heterocycles. The highest BCUT2D eigenvalue weighted by molar-refractivity contribution is 5.91. The average molecular weight is 401 g/mol. The zero-order chi connectivity index (χ0) is 21.3. The summed E-state index contributed by atoms with van der Waals surface area (Å²) in [7, 11) is 0. The van der Waals surface area contributed by atoms with E-state index in [1.165, 1.54) is 6.07 Å². The van der Waals surface area contributed by atoms with E-state index in [0.29, 0.717) is 28.6 Å². The van der Waals surface area contributed by atoms with Crippen LogP contribution in [0.3, 0.4) is 0 Å². The molecule has 0 saturated carbocycles. The zero-order valence-corrected chi connectivity index (χ0v) is 17.1. The van der Waals surface area contributed by atoms with Crippen LogP contribution in [0.15, 0.2) is 36.4 Å². The molecule has 0 atom stereocenters. The summed E-state index contributed by atoms with van der Waals surface area (Å²) in [5, 5.41) is 21.4. The van der Waals surface area contributed by atoms with Crippen molar-refractivity contribution in [2.75, 3.05) is 18.0 Å². The summed E-state index contributed by atoms with van der Waals surface area (Å²) < 4.78 is 0. The molecule has 152 valence electrons. The van der Waals surface area contributed by atoms with Crippen molar-refractivity contribution in [1.29, 1.82) is 5.26 Å². The number of hydrogen-bond donors (Lipinski definition) is 1. The lowest BCUT2D eigenvalue weighted by Crippen LogP contribution is -2.33. The number of aromatic amines is 1. The number of nitrogens with zero attached hydrogens (tertiary/aromatic N) is 4.